The molecule has 5 rings (SSSR count). The molecule has 3 heterocycles. The Labute approximate surface area is 191 Å². The molecule has 0 atom stereocenters. The van der Waals surface area contributed by atoms with E-state index in [9.17, 15) is 0 Å². The molecule has 0 unspecified atom stereocenters. The molecule has 2 aliphatic heterocycles. The monoisotopic (exact) mass is 433 g/mol. The van der Waals surface area contributed by atoms with Gasteiger partial charge in [0, 0.05) is 41.7 Å². The van der Waals surface area contributed by atoms with Crippen LogP contribution in [0.1, 0.15) is 81.9 Å². The quantitative estimate of drug-likeness (QED) is 0.537. The third-order valence-electron chi connectivity index (χ3n) is 7.73. The Balaban J connectivity index is 1.30. The average Bonchev–Trinajstić information content (AvgIpc) is 3.44. The number of hydrogen-bond donors (Lipinski definition) is 0. The number of likely N-dealkylation sites (tertiary alicyclic amines) is 1. The second-order valence-corrected chi connectivity index (χ2v) is 11.8. The van der Waals surface area contributed by atoms with Crippen molar-refractivity contribution in [3.05, 3.63) is 52.0 Å². The zero-order valence-electron chi connectivity index (χ0n) is 19.4. The number of fused-ring (bicyclic) bond motifs is 1. The number of benzene rings is 1. The fourth-order valence-corrected chi connectivity index (χ4v) is 6.46. The minimum atomic E-state index is 0.242. The highest BCUT2D eigenvalue weighted by Gasteiger charge is 2.37. The Morgan fingerprint density at radius 1 is 1.03 bits per heavy atom. The van der Waals surface area contributed by atoms with Crippen LogP contribution in [0, 0.1) is 0 Å². The van der Waals surface area contributed by atoms with Crippen LogP contribution in [0.25, 0.3) is 11.3 Å². The van der Waals surface area contributed by atoms with Crippen LogP contribution < -0.4 is 0 Å². The maximum atomic E-state index is 5.13. The molecule has 0 radical (unpaired) electrons. The molecule has 164 valence electrons. The molecule has 0 saturated carbocycles. The molecule has 1 aliphatic carbocycles. The van der Waals surface area contributed by atoms with Crippen molar-refractivity contribution in [1.29, 1.82) is 0 Å². The van der Waals surface area contributed by atoms with Gasteiger partial charge in [-0.1, -0.05) is 45.9 Å². The molecule has 2 aromatic rings. The third kappa shape index (κ3) is 4.17. The normalized spacial score (nSPS) is 23.0. The molecule has 0 amide bonds. The van der Waals surface area contributed by atoms with E-state index in [2.05, 4.69) is 67.2 Å². The lowest BCUT2D eigenvalue weighted by molar-refractivity contribution is 0.238. The minimum Gasteiger partial charge on any atom is -0.298 e. The summed E-state index contributed by atoms with van der Waals surface area (Å²) in [6.45, 7) is 12.9. The smallest absolute Gasteiger partial charge is 0.0964 e. The minimum absolute atomic E-state index is 0.242. The number of aromatic nitrogens is 1. The van der Waals surface area contributed by atoms with E-state index in [1.54, 1.807) is 0 Å². The number of rotatable bonds is 4. The van der Waals surface area contributed by atoms with Gasteiger partial charge in [0.15, 0.2) is 0 Å². The molecule has 31 heavy (non-hydrogen) atoms. The summed E-state index contributed by atoms with van der Waals surface area (Å²) in [5.41, 5.74) is 7.32. The number of piperidine rings is 1. The number of thiazole rings is 1. The van der Waals surface area contributed by atoms with Crippen molar-refractivity contribution < 1.29 is 0 Å². The molecule has 0 N–H and O–H groups in total. The fourth-order valence-electron chi connectivity index (χ4n) is 5.46. The molecule has 0 spiro atoms. The summed E-state index contributed by atoms with van der Waals surface area (Å²) in [6.07, 6.45) is 10.1. The van der Waals surface area contributed by atoms with Crippen molar-refractivity contribution in [3.63, 3.8) is 0 Å². The number of aliphatic imine (C=N–C) groups is 1. The summed E-state index contributed by atoms with van der Waals surface area (Å²) in [5, 5.41) is 3.61. The highest BCUT2D eigenvalue weighted by molar-refractivity contribution is 7.10. The SMILES string of the molecule is CC1(C)CCC(C)(C)c2cc(-c3csc(C4CCN(CC5=NC=CC5)CC4)n3)ccc21. The van der Waals surface area contributed by atoms with Crippen molar-refractivity contribution >= 4 is 17.0 Å². The van der Waals surface area contributed by atoms with Crippen LogP contribution in [-0.2, 0) is 10.8 Å². The van der Waals surface area contributed by atoms with Gasteiger partial charge < -0.3 is 0 Å². The molecule has 1 saturated heterocycles. The van der Waals surface area contributed by atoms with E-state index in [1.165, 1.54) is 53.1 Å². The lowest BCUT2D eigenvalue weighted by Gasteiger charge is -2.42. The lowest BCUT2D eigenvalue weighted by Crippen LogP contribution is -2.36. The summed E-state index contributed by atoms with van der Waals surface area (Å²) in [5.74, 6) is 0.603. The van der Waals surface area contributed by atoms with Gasteiger partial charge in [-0.05, 0) is 66.8 Å². The zero-order valence-corrected chi connectivity index (χ0v) is 20.3. The van der Waals surface area contributed by atoms with Gasteiger partial charge in [0.25, 0.3) is 0 Å². The molecule has 1 aromatic heterocycles. The van der Waals surface area contributed by atoms with E-state index in [-0.39, 0.29) is 10.8 Å². The van der Waals surface area contributed by atoms with Crippen molar-refractivity contribution in [2.24, 2.45) is 4.99 Å². The fraction of sp³-hybridized carbons (Fsp3) is 0.556. The highest BCUT2D eigenvalue weighted by Crippen LogP contribution is 2.47. The Morgan fingerprint density at radius 2 is 1.77 bits per heavy atom. The van der Waals surface area contributed by atoms with Crippen molar-refractivity contribution in [2.75, 3.05) is 19.6 Å². The molecular weight excluding hydrogens is 398 g/mol. The summed E-state index contributed by atoms with van der Waals surface area (Å²) >= 11 is 1.86. The standard InChI is InChI=1S/C27H35N3S/c1-26(2)11-12-27(3,4)23-16-20(7-8-22(23)26)24-18-31-25(29-24)19-9-14-30(15-10-19)17-21-6-5-13-28-21/h5,7-8,13,16,18-19H,6,9-12,14-15,17H2,1-4H3. The van der Waals surface area contributed by atoms with E-state index < -0.39 is 0 Å². The van der Waals surface area contributed by atoms with Crippen LogP contribution in [0.3, 0.4) is 0 Å². The topological polar surface area (TPSA) is 28.5 Å². The van der Waals surface area contributed by atoms with E-state index in [0.717, 1.165) is 31.7 Å². The Morgan fingerprint density at radius 3 is 2.48 bits per heavy atom. The molecular formula is C27H35N3S. The van der Waals surface area contributed by atoms with Crippen LogP contribution in [-0.4, -0.2) is 35.2 Å². The number of hydrogen-bond acceptors (Lipinski definition) is 4. The average molecular weight is 434 g/mol. The number of nitrogens with zero attached hydrogens (tertiary/aromatic N) is 3. The van der Waals surface area contributed by atoms with Gasteiger partial charge in [-0.25, -0.2) is 4.98 Å². The van der Waals surface area contributed by atoms with E-state index >= 15 is 0 Å². The van der Waals surface area contributed by atoms with Crippen molar-refractivity contribution in [2.45, 2.75) is 76.5 Å². The van der Waals surface area contributed by atoms with Crippen molar-refractivity contribution in [1.82, 2.24) is 9.88 Å². The first-order valence-electron chi connectivity index (χ1n) is 11.9. The van der Waals surface area contributed by atoms with Gasteiger partial charge in [0.2, 0.25) is 0 Å². The predicted octanol–water partition coefficient (Wildman–Crippen LogP) is 6.70. The van der Waals surface area contributed by atoms with Crippen LogP contribution in [0.4, 0.5) is 0 Å². The summed E-state index contributed by atoms with van der Waals surface area (Å²) in [7, 11) is 0. The van der Waals surface area contributed by atoms with Gasteiger partial charge >= 0.3 is 0 Å². The van der Waals surface area contributed by atoms with Gasteiger partial charge in [-0.15, -0.1) is 11.3 Å². The van der Waals surface area contributed by atoms with Crippen LogP contribution in [0.2, 0.25) is 0 Å². The maximum absolute atomic E-state index is 5.13. The molecule has 1 aromatic carbocycles. The molecule has 4 heteroatoms. The van der Waals surface area contributed by atoms with Crippen molar-refractivity contribution in [3.8, 4) is 11.3 Å². The van der Waals surface area contributed by atoms with E-state index in [0.29, 0.717) is 5.92 Å². The Kier molecular flexibility index (Phi) is 5.42. The molecule has 0 bridgehead atoms. The first-order chi connectivity index (χ1) is 14.8. The van der Waals surface area contributed by atoms with Crippen LogP contribution >= 0.6 is 11.3 Å². The highest BCUT2D eigenvalue weighted by atomic mass is 32.1. The second kappa shape index (κ2) is 7.97. The second-order valence-electron chi connectivity index (χ2n) is 10.9. The Bertz CT molecular complexity index is 1020. The lowest BCUT2D eigenvalue weighted by atomic mass is 9.63. The maximum Gasteiger partial charge on any atom is 0.0964 e. The summed E-state index contributed by atoms with van der Waals surface area (Å²) in [6, 6.07) is 7.12. The van der Waals surface area contributed by atoms with Gasteiger partial charge in [-0.2, -0.15) is 0 Å². The molecule has 3 nitrogen and oxygen atoms in total. The third-order valence-corrected chi connectivity index (χ3v) is 8.74. The van der Waals surface area contributed by atoms with Crippen LogP contribution in [0.15, 0.2) is 40.8 Å². The van der Waals surface area contributed by atoms with E-state index in [4.69, 9.17) is 4.98 Å². The predicted molar refractivity (Wildman–Crippen MR) is 132 cm³/mol. The van der Waals surface area contributed by atoms with Crippen LogP contribution in [0.5, 0.6) is 0 Å². The number of allylic oxidation sites excluding steroid dienone is 1. The van der Waals surface area contributed by atoms with Gasteiger partial charge in [0.1, 0.15) is 0 Å². The summed E-state index contributed by atoms with van der Waals surface area (Å²) < 4.78 is 0. The Hall–Kier alpha value is -1.78. The van der Waals surface area contributed by atoms with Gasteiger partial charge in [0.05, 0.1) is 10.7 Å². The summed E-state index contributed by atoms with van der Waals surface area (Å²) in [4.78, 5) is 12.2. The first kappa shape index (κ1) is 21.1. The zero-order chi connectivity index (χ0) is 21.6. The van der Waals surface area contributed by atoms with Gasteiger partial charge in [-0.3, -0.25) is 9.89 Å². The first-order valence-corrected chi connectivity index (χ1v) is 12.7. The largest absolute Gasteiger partial charge is 0.298 e. The van der Waals surface area contributed by atoms with E-state index in [1.807, 2.05) is 17.5 Å². The molecule has 1 fully saturated rings. The molecule has 3 aliphatic rings.